The summed E-state index contributed by atoms with van der Waals surface area (Å²) in [6.07, 6.45) is 6.54. The number of likely N-dealkylation sites (tertiary alicyclic amines) is 1. The molecule has 2 aliphatic rings. The molecule has 0 spiro atoms. The van der Waals surface area contributed by atoms with Crippen molar-refractivity contribution in [3.63, 3.8) is 0 Å². The highest BCUT2D eigenvalue weighted by atomic mass is 16.5. The van der Waals surface area contributed by atoms with Gasteiger partial charge in [-0.25, -0.2) is 0 Å². The summed E-state index contributed by atoms with van der Waals surface area (Å²) in [5.74, 6) is 1.04. The fraction of sp³-hybridized carbons (Fsp3) is 0.545. The Morgan fingerprint density at radius 2 is 2.07 bits per heavy atom. The summed E-state index contributed by atoms with van der Waals surface area (Å²) in [6.45, 7) is 2.43. The number of aryl methyl sites for hydroxylation is 1. The van der Waals surface area contributed by atoms with Crippen molar-refractivity contribution in [2.75, 3.05) is 19.0 Å². The van der Waals surface area contributed by atoms with E-state index in [1.54, 1.807) is 19.2 Å². The number of benzene rings is 1. The number of aromatic nitrogens is 2. The van der Waals surface area contributed by atoms with Crippen LogP contribution in [0.25, 0.3) is 11.5 Å². The summed E-state index contributed by atoms with van der Waals surface area (Å²) in [5.41, 5.74) is 1.23. The molecule has 0 bridgehead atoms. The maximum atomic E-state index is 13.0. The van der Waals surface area contributed by atoms with Crippen LogP contribution in [0.5, 0.6) is 5.75 Å². The number of ether oxygens (including phenoxy) is 1. The molecule has 1 saturated heterocycles. The highest BCUT2D eigenvalue weighted by molar-refractivity contribution is 5.98. The van der Waals surface area contributed by atoms with Crippen molar-refractivity contribution in [1.82, 2.24) is 15.1 Å². The molecule has 8 heteroatoms. The monoisotopic (exact) mass is 412 g/mol. The quantitative estimate of drug-likeness (QED) is 0.781. The van der Waals surface area contributed by atoms with Gasteiger partial charge in [0.1, 0.15) is 5.75 Å². The van der Waals surface area contributed by atoms with Crippen LogP contribution in [0, 0.1) is 5.92 Å². The number of anilines is 1. The zero-order chi connectivity index (χ0) is 21.1. The predicted molar refractivity (Wildman–Crippen MR) is 111 cm³/mol. The van der Waals surface area contributed by atoms with Crippen LogP contribution >= 0.6 is 0 Å². The fourth-order valence-electron chi connectivity index (χ4n) is 4.34. The number of carbonyl (C=O) groups excluding carboxylic acids is 2. The Hall–Kier alpha value is -2.90. The molecule has 1 atom stereocenters. The topological polar surface area (TPSA) is 97.6 Å². The number of rotatable bonds is 6. The third-order valence-electron chi connectivity index (χ3n) is 6.02. The molecular formula is C22H28N4O4. The highest BCUT2D eigenvalue weighted by Gasteiger charge is 2.38. The van der Waals surface area contributed by atoms with Crippen LogP contribution in [0.4, 0.5) is 5.69 Å². The molecule has 160 valence electrons. The molecule has 1 N–H and O–H groups in total. The van der Waals surface area contributed by atoms with E-state index in [4.69, 9.17) is 9.15 Å². The Labute approximate surface area is 176 Å². The highest BCUT2D eigenvalue weighted by Crippen LogP contribution is 2.33. The second-order valence-electron chi connectivity index (χ2n) is 8.00. The van der Waals surface area contributed by atoms with Crippen LogP contribution in [-0.4, -0.2) is 46.6 Å². The largest absolute Gasteiger partial charge is 0.495 e. The summed E-state index contributed by atoms with van der Waals surface area (Å²) in [6, 6.07) is 5.62. The second-order valence-corrected chi connectivity index (χ2v) is 8.00. The molecule has 2 fully saturated rings. The van der Waals surface area contributed by atoms with Gasteiger partial charge in [-0.2, -0.15) is 0 Å². The Bertz CT molecular complexity index is 920. The maximum absolute atomic E-state index is 13.0. The van der Waals surface area contributed by atoms with E-state index in [1.807, 2.05) is 17.9 Å². The molecule has 1 aromatic carbocycles. The lowest BCUT2D eigenvalue weighted by molar-refractivity contribution is -0.130. The Balaban J connectivity index is 1.48. The van der Waals surface area contributed by atoms with E-state index in [-0.39, 0.29) is 30.2 Å². The smallest absolute Gasteiger partial charge is 0.247 e. The molecule has 2 amide bonds. The number of nitrogens with one attached hydrogen (secondary N) is 1. The van der Waals surface area contributed by atoms with Crippen LogP contribution in [0.2, 0.25) is 0 Å². The van der Waals surface area contributed by atoms with Crippen molar-refractivity contribution < 1.29 is 18.7 Å². The van der Waals surface area contributed by atoms with Gasteiger partial charge in [-0.15, -0.1) is 10.2 Å². The van der Waals surface area contributed by atoms with Gasteiger partial charge in [-0.3, -0.25) is 9.59 Å². The van der Waals surface area contributed by atoms with Gasteiger partial charge < -0.3 is 19.4 Å². The molecule has 2 heterocycles. The minimum Gasteiger partial charge on any atom is -0.495 e. The van der Waals surface area contributed by atoms with Crippen LogP contribution in [0.1, 0.15) is 51.3 Å². The number of nitrogens with zero attached hydrogens (tertiary/aromatic N) is 3. The van der Waals surface area contributed by atoms with E-state index in [0.29, 0.717) is 41.7 Å². The van der Waals surface area contributed by atoms with Gasteiger partial charge in [0.25, 0.3) is 0 Å². The van der Waals surface area contributed by atoms with Crippen molar-refractivity contribution >= 4 is 17.5 Å². The summed E-state index contributed by atoms with van der Waals surface area (Å²) in [5, 5.41) is 11.0. The Kier molecular flexibility index (Phi) is 6.01. The van der Waals surface area contributed by atoms with E-state index < -0.39 is 0 Å². The van der Waals surface area contributed by atoms with Gasteiger partial charge in [0.2, 0.25) is 23.6 Å². The summed E-state index contributed by atoms with van der Waals surface area (Å²) < 4.78 is 11.0. The van der Waals surface area contributed by atoms with Gasteiger partial charge in [-0.05, 0) is 31.0 Å². The molecule has 1 unspecified atom stereocenters. The van der Waals surface area contributed by atoms with Crippen molar-refractivity contribution in [2.24, 2.45) is 5.92 Å². The number of carbonyl (C=O) groups is 2. The molecule has 1 aliphatic heterocycles. The minimum absolute atomic E-state index is 0.0840. The van der Waals surface area contributed by atoms with Crippen molar-refractivity contribution in [3.8, 4) is 17.2 Å². The first-order valence-corrected chi connectivity index (χ1v) is 10.7. The van der Waals surface area contributed by atoms with Gasteiger partial charge in [0.05, 0.1) is 18.7 Å². The normalized spacial score (nSPS) is 19.9. The van der Waals surface area contributed by atoms with Gasteiger partial charge in [-0.1, -0.05) is 26.2 Å². The van der Waals surface area contributed by atoms with Gasteiger partial charge in [0, 0.05) is 31.0 Å². The van der Waals surface area contributed by atoms with E-state index in [0.717, 1.165) is 25.7 Å². The maximum Gasteiger partial charge on any atom is 0.247 e. The first kappa shape index (κ1) is 20.4. The summed E-state index contributed by atoms with van der Waals surface area (Å²) >= 11 is 0. The molecule has 0 radical (unpaired) electrons. The fourth-order valence-corrected chi connectivity index (χ4v) is 4.34. The van der Waals surface area contributed by atoms with Crippen LogP contribution in [-0.2, 0) is 16.0 Å². The summed E-state index contributed by atoms with van der Waals surface area (Å²) in [4.78, 5) is 27.4. The van der Waals surface area contributed by atoms with Crippen LogP contribution in [0.15, 0.2) is 22.6 Å². The molecule has 1 saturated carbocycles. The number of hydrogen-bond acceptors (Lipinski definition) is 6. The zero-order valence-corrected chi connectivity index (χ0v) is 17.5. The molecule has 1 aliphatic carbocycles. The molecular weight excluding hydrogens is 384 g/mol. The van der Waals surface area contributed by atoms with E-state index in [1.165, 1.54) is 6.42 Å². The summed E-state index contributed by atoms with van der Waals surface area (Å²) in [7, 11) is 1.55. The van der Waals surface area contributed by atoms with E-state index in [2.05, 4.69) is 15.5 Å². The lowest BCUT2D eigenvalue weighted by Gasteiger charge is -2.31. The number of hydrogen-bond donors (Lipinski definition) is 1. The first-order chi connectivity index (χ1) is 14.6. The third kappa shape index (κ3) is 4.17. The van der Waals surface area contributed by atoms with Crippen molar-refractivity contribution in [3.05, 3.63) is 24.1 Å². The molecule has 30 heavy (non-hydrogen) atoms. The van der Waals surface area contributed by atoms with E-state index in [9.17, 15) is 9.59 Å². The third-order valence-corrected chi connectivity index (χ3v) is 6.02. The second kappa shape index (κ2) is 8.85. The molecule has 8 nitrogen and oxygen atoms in total. The SMILES string of the molecule is CCc1nnc(-c2ccc(OC)c(NC(=O)C3CC(=O)N(C4CCCCC4)C3)c2)o1. The first-order valence-electron chi connectivity index (χ1n) is 10.7. The van der Waals surface area contributed by atoms with Crippen molar-refractivity contribution in [2.45, 2.75) is 57.9 Å². The van der Waals surface area contributed by atoms with Gasteiger partial charge in [0.15, 0.2) is 0 Å². The molecule has 4 rings (SSSR count). The van der Waals surface area contributed by atoms with Crippen molar-refractivity contribution in [1.29, 1.82) is 0 Å². The Morgan fingerprint density at radius 1 is 1.27 bits per heavy atom. The predicted octanol–water partition coefficient (Wildman–Crippen LogP) is 3.43. The Morgan fingerprint density at radius 3 is 2.77 bits per heavy atom. The van der Waals surface area contributed by atoms with Crippen LogP contribution < -0.4 is 10.1 Å². The lowest BCUT2D eigenvalue weighted by atomic mass is 9.94. The lowest BCUT2D eigenvalue weighted by Crippen LogP contribution is -2.38. The van der Waals surface area contributed by atoms with Gasteiger partial charge >= 0.3 is 0 Å². The van der Waals surface area contributed by atoms with Crippen LogP contribution in [0.3, 0.4) is 0 Å². The number of amides is 2. The van der Waals surface area contributed by atoms with E-state index >= 15 is 0 Å². The number of methoxy groups -OCH3 is 1. The molecule has 2 aromatic rings. The zero-order valence-electron chi connectivity index (χ0n) is 17.5. The molecule has 1 aromatic heterocycles. The minimum atomic E-state index is -0.358. The average Bonchev–Trinajstić information content (AvgIpc) is 3.41. The standard InChI is InChI=1S/C22H28N4O4/c1-3-19-24-25-22(30-19)14-9-10-18(29-2)17(11-14)23-21(28)15-12-20(27)26(13-15)16-7-5-4-6-8-16/h9-11,15-16H,3-8,12-13H2,1-2H3,(H,23,28). The average molecular weight is 412 g/mol.